The van der Waals surface area contributed by atoms with E-state index >= 15 is 0 Å². The summed E-state index contributed by atoms with van der Waals surface area (Å²) < 4.78 is 13.4. The molecule has 0 bridgehead atoms. The van der Waals surface area contributed by atoms with E-state index in [9.17, 15) is 9.59 Å². The van der Waals surface area contributed by atoms with Gasteiger partial charge >= 0.3 is 0 Å². The third kappa shape index (κ3) is 3.91. The zero-order chi connectivity index (χ0) is 24.8. The van der Waals surface area contributed by atoms with Crippen molar-refractivity contribution in [2.75, 3.05) is 28.3 Å². The number of nitrogens with zero attached hydrogens (tertiary/aromatic N) is 2. The summed E-state index contributed by atoms with van der Waals surface area (Å²) in [6.45, 7) is 6.03. The molecule has 180 valence electrons. The molecule has 1 aliphatic heterocycles. The SMILES string of the molecule is CNC(=O)c1cc2c(cc1OC)CC(OC)n1c(C(=O)N(C)C(C)(C)C)cc(-c3cccs3)c1-2. The highest BCUT2D eigenvalue weighted by molar-refractivity contribution is 7.13. The molecule has 1 aliphatic rings. The first-order chi connectivity index (χ1) is 16.1. The summed E-state index contributed by atoms with van der Waals surface area (Å²) in [7, 11) is 6.63. The summed E-state index contributed by atoms with van der Waals surface area (Å²) in [5, 5.41) is 4.71. The van der Waals surface area contributed by atoms with E-state index in [1.807, 2.05) is 68.1 Å². The van der Waals surface area contributed by atoms with Crippen LogP contribution in [0.5, 0.6) is 5.75 Å². The number of hydrogen-bond acceptors (Lipinski definition) is 5. The molecule has 0 spiro atoms. The Bertz CT molecular complexity index is 1240. The second-order valence-electron chi connectivity index (χ2n) is 9.36. The summed E-state index contributed by atoms with van der Waals surface area (Å²) in [6.07, 6.45) is 0.167. The first kappa shape index (κ1) is 24.0. The van der Waals surface area contributed by atoms with Crippen LogP contribution in [0.25, 0.3) is 21.7 Å². The van der Waals surface area contributed by atoms with Crippen LogP contribution in [-0.2, 0) is 11.2 Å². The van der Waals surface area contributed by atoms with Crippen molar-refractivity contribution in [3.8, 4) is 27.4 Å². The second kappa shape index (κ2) is 8.92. The van der Waals surface area contributed by atoms with Crippen molar-refractivity contribution < 1.29 is 19.1 Å². The maximum absolute atomic E-state index is 13.7. The van der Waals surface area contributed by atoms with Crippen LogP contribution in [0.15, 0.2) is 35.7 Å². The number of methoxy groups -OCH3 is 2. The van der Waals surface area contributed by atoms with Gasteiger partial charge in [0.1, 0.15) is 17.7 Å². The average molecular weight is 482 g/mol. The number of carbonyl (C=O) groups is 2. The molecular weight excluding hydrogens is 450 g/mol. The monoisotopic (exact) mass is 481 g/mol. The molecule has 1 aromatic carbocycles. The maximum atomic E-state index is 13.7. The van der Waals surface area contributed by atoms with Gasteiger partial charge in [0, 0.05) is 49.2 Å². The molecule has 8 heteroatoms. The number of fused-ring (bicyclic) bond motifs is 3. The van der Waals surface area contributed by atoms with Crippen LogP contribution in [0.2, 0.25) is 0 Å². The number of ether oxygens (including phenoxy) is 2. The maximum Gasteiger partial charge on any atom is 0.270 e. The molecule has 3 aromatic rings. The van der Waals surface area contributed by atoms with Gasteiger partial charge in [-0.05, 0) is 56.0 Å². The number of nitrogens with one attached hydrogen (secondary N) is 1. The minimum atomic E-state index is -0.376. The predicted molar refractivity (Wildman–Crippen MR) is 135 cm³/mol. The Morgan fingerprint density at radius 2 is 1.91 bits per heavy atom. The van der Waals surface area contributed by atoms with Crippen LogP contribution in [0, 0.1) is 0 Å². The third-order valence-electron chi connectivity index (χ3n) is 6.46. The molecule has 7 nitrogen and oxygen atoms in total. The van der Waals surface area contributed by atoms with Gasteiger partial charge in [-0.15, -0.1) is 11.3 Å². The van der Waals surface area contributed by atoms with Crippen LogP contribution >= 0.6 is 11.3 Å². The molecule has 0 saturated heterocycles. The lowest BCUT2D eigenvalue weighted by Crippen LogP contribution is -2.43. The summed E-state index contributed by atoms with van der Waals surface area (Å²) in [6, 6.07) is 9.76. The molecule has 3 heterocycles. The van der Waals surface area contributed by atoms with Gasteiger partial charge in [0.15, 0.2) is 0 Å². The number of aromatic nitrogens is 1. The van der Waals surface area contributed by atoms with E-state index in [2.05, 4.69) is 5.32 Å². The quantitative estimate of drug-likeness (QED) is 0.567. The van der Waals surface area contributed by atoms with Gasteiger partial charge in [0.05, 0.1) is 18.4 Å². The number of amides is 2. The van der Waals surface area contributed by atoms with Crippen LogP contribution in [0.3, 0.4) is 0 Å². The molecule has 0 saturated carbocycles. The van der Waals surface area contributed by atoms with E-state index in [0.29, 0.717) is 23.4 Å². The third-order valence-corrected chi connectivity index (χ3v) is 7.36. The highest BCUT2D eigenvalue weighted by Crippen LogP contribution is 2.46. The van der Waals surface area contributed by atoms with E-state index in [1.54, 1.807) is 37.5 Å². The van der Waals surface area contributed by atoms with Crippen molar-refractivity contribution in [1.29, 1.82) is 0 Å². The van der Waals surface area contributed by atoms with Crippen molar-refractivity contribution in [3.05, 3.63) is 52.5 Å². The predicted octanol–water partition coefficient (Wildman–Crippen LogP) is 4.82. The fourth-order valence-corrected chi connectivity index (χ4v) is 5.06. The summed E-state index contributed by atoms with van der Waals surface area (Å²) >= 11 is 1.61. The molecule has 1 N–H and O–H groups in total. The fraction of sp³-hybridized carbons (Fsp3) is 0.385. The van der Waals surface area contributed by atoms with Gasteiger partial charge in [-0.1, -0.05) is 6.07 Å². The number of rotatable bonds is 5. The summed E-state index contributed by atoms with van der Waals surface area (Å²) in [5.74, 6) is 0.199. The van der Waals surface area contributed by atoms with Gasteiger partial charge in [-0.3, -0.25) is 9.59 Å². The summed E-state index contributed by atoms with van der Waals surface area (Å²) in [4.78, 5) is 29.2. The zero-order valence-corrected chi connectivity index (χ0v) is 21.5. The topological polar surface area (TPSA) is 72.8 Å². The largest absolute Gasteiger partial charge is 0.496 e. The van der Waals surface area contributed by atoms with Crippen LogP contribution in [0.1, 0.15) is 53.4 Å². The van der Waals surface area contributed by atoms with E-state index in [1.165, 1.54) is 0 Å². The molecule has 2 amide bonds. The summed E-state index contributed by atoms with van der Waals surface area (Å²) in [5.41, 5.74) is 4.37. The van der Waals surface area contributed by atoms with Gasteiger partial charge in [-0.25, -0.2) is 0 Å². The Balaban J connectivity index is 2.04. The number of hydrogen-bond donors (Lipinski definition) is 1. The highest BCUT2D eigenvalue weighted by atomic mass is 32.1. The van der Waals surface area contributed by atoms with Gasteiger partial charge in [0.25, 0.3) is 11.8 Å². The lowest BCUT2D eigenvalue weighted by Gasteiger charge is -2.34. The fourth-order valence-electron chi connectivity index (χ4n) is 4.32. The smallest absolute Gasteiger partial charge is 0.270 e. The zero-order valence-electron chi connectivity index (χ0n) is 20.7. The van der Waals surface area contributed by atoms with Crippen LogP contribution in [0.4, 0.5) is 0 Å². The molecular formula is C26H31N3O4S. The standard InChI is InChI=1S/C26H31N3O4S/c1-26(2,3)28(5)25(31)19-14-18(21-9-8-10-34-21)23-16-13-17(24(30)27-4)20(32-6)11-15(16)12-22(33-7)29(19)23/h8-11,13-14,22H,12H2,1-7H3,(H,27,30). The Morgan fingerprint density at radius 1 is 1.18 bits per heavy atom. The minimum Gasteiger partial charge on any atom is -0.496 e. The van der Waals surface area contributed by atoms with Gasteiger partial charge in [-0.2, -0.15) is 0 Å². The van der Waals surface area contributed by atoms with Crippen molar-refractivity contribution in [1.82, 2.24) is 14.8 Å². The second-order valence-corrected chi connectivity index (χ2v) is 10.3. The lowest BCUT2D eigenvalue weighted by molar-refractivity contribution is 0.0367. The Hall–Kier alpha value is -3.10. The van der Waals surface area contributed by atoms with E-state index in [4.69, 9.17) is 9.47 Å². The molecule has 4 rings (SSSR count). The Morgan fingerprint density at radius 3 is 2.47 bits per heavy atom. The van der Waals surface area contributed by atoms with Crippen molar-refractivity contribution in [2.24, 2.45) is 0 Å². The molecule has 0 fully saturated rings. The molecule has 0 aliphatic carbocycles. The Kier molecular flexibility index (Phi) is 6.31. The molecule has 0 radical (unpaired) electrons. The van der Waals surface area contributed by atoms with Crippen molar-refractivity contribution >= 4 is 23.2 Å². The first-order valence-corrected chi connectivity index (χ1v) is 12.0. The molecule has 1 unspecified atom stereocenters. The van der Waals surface area contributed by atoms with E-state index in [0.717, 1.165) is 27.3 Å². The minimum absolute atomic E-state index is 0.0814. The van der Waals surface area contributed by atoms with Crippen molar-refractivity contribution in [3.63, 3.8) is 0 Å². The average Bonchev–Trinajstić information content (AvgIpc) is 3.48. The molecule has 34 heavy (non-hydrogen) atoms. The number of benzene rings is 1. The van der Waals surface area contributed by atoms with E-state index < -0.39 is 0 Å². The van der Waals surface area contributed by atoms with Crippen LogP contribution < -0.4 is 10.1 Å². The molecule has 1 atom stereocenters. The van der Waals surface area contributed by atoms with Crippen molar-refractivity contribution in [2.45, 2.75) is 39.0 Å². The number of carbonyl (C=O) groups excluding carboxylic acids is 2. The Labute approximate surface area is 204 Å². The first-order valence-electron chi connectivity index (χ1n) is 11.2. The van der Waals surface area contributed by atoms with Gasteiger partial charge < -0.3 is 24.3 Å². The highest BCUT2D eigenvalue weighted by Gasteiger charge is 2.36. The number of thiophene rings is 1. The van der Waals surface area contributed by atoms with E-state index in [-0.39, 0.29) is 23.6 Å². The normalized spacial score (nSPS) is 14.9. The van der Waals surface area contributed by atoms with Gasteiger partial charge in [0.2, 0.25) is 0 Å². The van der Waals surface area contributed by atoms with Crippen LogP contribution in [-0.4, -0.2) is 55.1 Å². The lowest BCUT2D eigenvalue weighted by atomic mass is 9.92. The molecule has 2 aromatic heterocycles.